The molecule has 0 saturated heterocycles. The Balaban J connectivity index is 2.45. The van der Waals surface area contributed by atoms with E-state index in [1.165, 1.54) is 32.1 Å². The summed E-state index contributed by atoms with van der Waals surface area (Å²) in [4.78, 5) is 24.4. The maximum atomic E-state index is 12.2. The SMILES string of the molecule is CCCCCCCCCN(CC(=O)OCc1ccccc1)NC(=O)OC(C)(C)C. The highest BCUT2D eigenvalue weighted by Crippen LogP contribution is 2.09. The minimum Gasteiger partial charge on any atom is -0.460 e. The second-order valence-corrected chi connectivity index (χ2v) is 8.30. The van der Waals surface area contributed by atoms with Crippen molar-refractivity contribution < 1.29 is 19.1 Å². The van der Waals surface area contributed by atoms with Crippen molar-refractivity contribution in [3.05, 3.63) is 35.9 Å². The van der Waals surface area contributed by atoms with Gasteiger partial charge in [0.15, 0.2) is 0 Å². The Morgan fingerprint density at radius 1 is 0.966 bits per heavy atom. The monoisotopic (exact) mass is 406 g/mol. The molecule has 0 aliphatic heterocycles. The summed E-state index contributed by atoms with van der Waals surface area (Å²) in [5, 5.41) is 1.59. The van der Waals surface area contributed by atoms with E-state index in [9.17, 15) is 9.59 Å². The Morgan fingerprint density at radius 2 is 1.59 bits per heavy atom. The van der Waals surface area contributed by atoms with Crippen LogP contribution in [0, 0.1) is 0 Å². The molecule has 1 aromatic carbocycles. The number of nitrogens with zero attached hydrogens (tertiary/aromatic N) is 1. The van der Waals surface area contributed by atoms with Gasteiger partial charge in [-0.25, -0.2) is 9.80 Å². The van der Waals surface area contributed by atoms with Crippen LogP contribution in [0.15, 0.2) is 30.3 Å². The Hall–Kier alpha value is -2.08. The van der Waals surface area contributed by atoms with E-state index >= 15 is 0 Å². The summed E-state index contributed by atoms with van der Waals surface area (Å²) in [6.45, 7) is 8.41. The molecule has 1 N–H and O–H groups in total. The van der Waals surface area contributed by atoms with E-state index in [1.54, 1.807) is 25.8 Å². The van der Waals surface area contributed by atoms with Gasteiger partial charge in [0.05, 0.1) is 0 Å². The first kappa shape index (κ1) is 25.0. The lowest BCUT2D eigenvalue weighted by atomic mass is 10.1. The molecule has 164 valence electrons. The maximum absolute atomic E-state index is 12.2. The van der Waals surface area contributed by atoms with Crippen LogP contribution in [-0.2, 0) is 20.9 Å². The molecule has 0 aliphatic carbocycles. The number of esters is 1. The summed E-state index contributed by atoms with van der Waals surface area (Å²) in [5.74, 6) is -0.382. The lowest BCUT2D eigenvalue weighted by Gasteiger charge is -2.25. The number of carbonyl (C=O) groups is 2. The van der Waals surface area contributed by atoms with Gasteiger partial charge in [-0.15, -0.1) is 0 Å². The second kappa shape index (κ2) is 14.0. The fourth-order valence-corrected chi connectivity index (χ4v) is 2.80. The summed E-state index contributed by atoms with van der Waals surface area (Å²) >= 11 is 0. The highest BCUT2D eigenvalue weighted by Gasteiger charge is 2.20. The number of hydrogen-bond donors (Lipinski definition) is 1. The average Bonchev–Trinajstić information content (AvgIpc) is 2.65. The standard InChI is InChI=1S/C23H38N2O4/c1-5-6-7-8-9-10-14-17-25(24-22(27)29-23(2,3)4)18-21(26)28-19-20-15-12-11-13-16-20/h11-13,15-16H,5-10,14,17-19H2,1-4H3,(H,24,27). The van der Waals surface area contributed by atoms with Crippen molar-refractivity contribution >= 4 is 12.1 Å². The Morgan fingerprint density at radius 3 is 2.21 bits per heavy atom. The van der Waals surface area contributed by atoms with Gasteiger partial charge >= 0.3 is 12.1 Å². The van der Waals surface area contributed by atoms with E-state index in [-0.39, 0.29) is 19.1 Å². The molecule has 0 aromatic heterocycles. The predicted octanol–water partition coefficient (Wildman–Crippen LogP) is 5.22. The molecule has 29 heavy (non-hydrogen) atoms. The van der Waals surface area contributed by atoms with E-state index < -0.39 is 11.7 Å². The third kappa shape index (κ3) is 13.7. The van der Waals surface area contributed by atoms with Crippen molar-refractivity contribution in [1.29, 1.82) is 0 Å². The van der Waals surface area contributed by atoms with Crippen LogP contribution in [0.5, 0.6) is 0 Å². The largest absolute Gasteiger partial charge is 0.460 e. The van der Waals surface area contributed by atoms with Crippen LogP contribution < -0.4 is 5.43 Å². The van der Waals surface area contributed by atoms with Crippen LogP contribution in [0.25, 0.3) is 0 Å². The van der Waals surface area contributed by atoms with Crippen LogP contribution in [0.4, 0.5) is 4.79 Å². The van der Waals surface area contributed by atoms with Gasteiger partial charge in [-0.1, -0.05) is 75.8 Å². The highest BCUT2D eigenvalue weighted by molar-refractivity contribution is 5.73. The maximum Gasteiger partial charge on any atom is 0.422 e. The molecule has 0 radical (unpaired) electrons. The van der Waals surface area contributed by atoms with Crippen LogP contribution in [0.3, 0.4) is 0 Å². The molecule has 1 rings (SSSR count). The number of unbranched alkanes of at least 4 members (excludes halogenated alkanes) is 6. The third-order valence-corrected chi connectivity index (χ3v) is 4.24. The molecular formula is C23H38N2O4. The third-order valence-electron chi connectivity index (χ3n) is 4.24. The van der Waals surface area contributed by atoms with Crippen molar-refractivity contribution in [1.82, 2.24) is 10.4 Å². The van der Waals surface area contributed by atoms with Crippen molar-refractivity contribution in [2.24, 2.45) is 0 Å². The van der Waals surface area contributed by atoms with Crippen LogP contribution in [0.2, 0.25) is 0 Å². The first-order valence-corrected chi connectivity index (χ1v) is 10.7. The number of hydrazine groups is 1. The van der Waals surface area contributed by atoms with Gasteiger partial charge in [-0.3, -0.25) is 10.2 Å². The molecular weight excluding hydrogens is 368 g/mol. The molecule has 0 spiro atoms. The fraction of sp³-hybridized carbons (Fsp3) is 0.652. The summed E-state index contributed by atoms with van der Waals surface area (Å²) in [7, 11) is 0. The minimum absolute atomic E-state index is 0.0120. The molecule has 0 bridgehead atoms. The lowest BCUT2D eigenvalue weighted by molar-refractivity contribution is -0.147. The highest BCUT2D eigenvalue weighted by atomic mass is 16.6. The average molecular weight is 407 g/mol. The van der Waals surface area contributed by atoms with Crippen molar-refractivity contribution in [3.63, 3.8) is 0 Å². The zero-order chi connectivity index (χ0) is 21.5. The van der Waals surface area contributed by atoms with Crippen LogP contribution in [0.1, 0.15) is 78.2 Å². The molecule has 0 fully saturated rings. The zero-order valence-corrected chi connectivity index (χ0v) is 18.5. The van der Waals surface area contributed by atoms with E-state index in [1.807, 2.05) is 30.3 Å². The molecule has 6 nitrogen and oxygen atoms in total. The Kier molecular flexibility index (Phi) is 12.0. The van der Waals surface area contributed by atoms with Crippen molar-refractivity contribution in [2.45, 2.75) is 84.8 Å². The van der Waals surface area contributed by atoms with Crippen LogP contribution >= 0.6 is 0 Å². The number of carbonyl (C=O) groups excluding carboxylic acids is 2. The second-order valence-electron chi connectivity index (χ2n) is 8.30. The Labute approximate surface area is 175 Å². The van der Waals surface area contributed by atoms with Gasteiger partial charge in [0, 0.05) is 6.54 Å². The fourth-order valence-electron chi connectivity index (χ4n) is 2.80. The normalized spacial score (nSPS) is 11.3. The number of nitrogens with one attached hydrogen (secondary N) is 1. The van der Waals surface area contributed by atoms with Gasteiger partial charge in [-0.2, -0.15) is 0 Å². The molecule has 0 aliphatic rings. The summed E-state index contributed by atoms with van der Waals surface area (Å²) < 4.78 is 10.6. The number of rotatable bonds is 13. The lowest BCUT2D eigenvalue weighted by Crippen LogP contribution is -2.47. The van der Waals surface area contributed by atoms with Gasteiger partial charge < -0.3 is 9.47 Å². The van der Waals surface area contributed by atoms with Gasteiger partial charge in [0.25, 0.3) is 0 Å². The number of amides is 1. The molecule has 1 aromatic rings. The number of hydrogen-bond acceptors (Lipinski definition) is 5. The molecule has 6 heteroatoms. The van der Waals surface area contributed by atoms with Crippen LogP contribution in [-0.4, -0.2) is 35.8 Å². The first-order valence-electron chi connectivity index (χ1n) is 10.7. The zero-order valence-electron chi connectivity index (χ0n) is 18.5. The van der Waals surface area contributed by atoms with E-state index in [4.69, 9.17) is 9.47 Å². The topological polar surface area (TPSA) is 67.9 Å². The van der Waals surface area contributed by atoms with Crippen molar-refractivity contribution in [3.8, 4) is 0 Å². The molecule has 0 atom stereocenters. The summed E-state index contributed by atoms with van der Waals surface area (Å²) in [5.41, 5.74) is 3.02. The van der Waals surface area contributed by atoms with E-state index in [0.29, 0.717) is 6.54 Å². The van der Waals surface area contributed by atoms with E-state index in [2.05, 4.69) is 12.3 Å². The van der Waals surface area contributed by atoms with E-state index in [0.717, 1.165) is 18.4 Å². The van der Waals surface area contributed by atoms with Gasteiger partial charge in [0.1, 0.15) is 18.8 Å². The van der Waals surface area contributed by atoms with Gasteiger partial charge in [0.2, 0.25) is 0 Å². The van der Waals surface area contributed by atoms with Crippen molar-refractivity contribution in [2.75, 3.05) is 13.1 Å². The minimum atomic E-state index is -0.594. The summed E-state index contributed by atoms with van der Waals surface area (Å²) in [6, 6.07) is 9.53. The smallest absolute Gasteiger partial charge is 0.422 e. The summed E-state index contributed by atoms with van der Waals surface area (Å²) in [6.07, 6.45) is 7.57. The molecule has 0 saturated carbocycles. The Bertz CT molecular complexity index is 584. The number of benzene rings is 1. The molecule has 0 heterocycles. The first-order chi connectivity index (χ1) is 13.8. The number of ether oxygens (including phenoxy) is 2. The molecule has 0 unspecified atom stereocenters. The molecule has 1 amide bonds. The predicted molar refractivity (Wildman–Crippen MR) is 115 cm³/mol. The van der Waals surface area contributed by atoms with Gasteiger partial charge in [-0.05, 0) is 32.8 Å². The quantitative estimate of drug-likeness (QED) is 0.276.